The van der Waals surface area contributed by atoms with Gasteiger partial charge in [-0.1, -0.05) is 6.92 Å². The fourth-order valence-corrected chi connectivity index (χ4v) is 3.01. The fourth-order valence-electron chi connectivity index (χ4n) is 3.01. The van der Waals surface area contributed by atoms with Gasteiger partial charge in [0.2, 0.25) is 0 Å². The molecule has 0 aromatic carbocycles. The van der Waals surface area contributed by atoms with Gasteiger partial charge in [0.1, 0.15) is 0 Å². The highest BCUT2D eigenvalue weighted by molar-refractivity contribution is 5.76. The number of hydrogen-bond donors (Lipinski definition) is 1. The molecule has 3 nitrogen and oxygen atoms in total. The van der Waals surface area contributed by atoms with Gasteiger partial charge in [0.15, 0.2) is 0 Å². The Balaban J connectivity index is 1.83. The van der Waals surface area contributed by atoms with Gasteiger partial charge in [-0.05, 0) is 37.5 Å². The highest BCUT2D eigenvalue weighted by Gasteiger charge is 2.66. The molecule has 14 heavy (non-hydrogen) atoms. The molecule has 0 bridgehead atoms. The fraction of sp³-hybridized carbons (Fsp3) is 0.909. The zero-order chi connectivity index (χ0) is 9.81. The van der Waals surface area contributed by atoms with Gasteiger partial charge >= 0.3 is 6.03 Å². The monoisotopic (exact) mass is 194 g/mol. The van der Waals surface area contributed by atoms with Crippen molar-refractivity contribution < 1.29 is 4.79 Å². The van der Waals surface area contributed by atoms with E-state index in [4.69, 9.17) is 0 Å². The van der Waals surface area contributed by atoms with Crippen molar-refractivity contribution in [2.24, 2.45) is 5.41 Å². The number of carbonyl (C=O) groups excluding carboxylic acids is 1. The van der Waals surface area contributed by atoms with Crippen molar-refractivity contribution >= 4 is 6.03 Å². The Bertz CT molecular complexity index is 279. The molecule has 0 radical (unpaired) electrons. The van der Waals surface area contributed by atoms with Crippen molar-refractivity contribution in [3.63, 3.8) is 0 Å². The third kappa shape index (κ3) is 0.956. The molecule has 3 fully saturated rings. The topological polar surface area (TPSA) is 32.3 Å². The van der Waals surface area contributed by atoms with Crippen LogP contribution >= 0.6 is 0 Å². The summed E-state index contributed by atoms with van der Waals surface area (Å²) in [4.78, 5) is 13.9. The first-order chi connectivity index (χ1) is 6.68. The summed E-state index contributed by atoms with van der Waals surface area (Å²) in [6, 6.07) is 0.182. The zero-order valence-electron chi connectivity index (χ0n) is 8.81. The average Bonchev–Trinajstić information content (AvgIpc) is 3.01. The Morgan fingerprint density at radius 3 is 2.50 bits per heavy atom. The van der Waals surface area contributed by atoms with Crippen LogP contribution in [-0.2, 0) is 0 Å². The summed E-state index contributed by atoms with van der Waals surface area (Å²) in [5.74, 6) is 0. The van der Waals surface area contributed by atoms with Crippen LogP contribution < -0.4 is 5.32 Å². The third-order valence-electron chi connectivity index (χ3n) is 4.44. The van der Waals surface area contributed by atoms with Gasteiger partial charge in [-0.2, -0.15) is 0 Å². The molecule has 2 saturated carbocycles. The van der Waals surface area contributed by atoms with Crippen molar-refractivity contribution in [1.82, 2.24) is 10.2 Å². The van der Waals surface area contributed by atoms with Crippen LogP contribution in [0.25, 0.3) is 0 Å². The standard InChI is InChI=1S/C11H18N2O/c1-10(3-4-10)11(5-6-11)13-8-2-7-12-9(13)14/h2-8H2,1H3,(H,12,14). The number of amides is 2. The molecule has 0 atom stereocenters. The summed E-state index contributed by atoms with van der Waals surface area (Å²) in [6.07, 6.45) is 6.21. The summed E-state index contributed by atoms with van der Waals surface area (Å²) in [5.41, 5.74) is 0.721. The molecule has 78 valence electrons. The minimum Gasteiger partial charge on any atom is -0.338 e. The van der Waals surface area contributed by atoms with E-state index in [1.165, 1.54) is 25.7 Å². The summed E-state index contributed by atoms with van der Waals surface area (Å²) in [7, 11) is 0. The maximum absolute atomic E-state index is 11.8. The normalized spacial score (nSPS) is 32.4. The zero-order valence-corrected chi connectivity index (χ0v) is 8.81. The van der Waals surface area contributed by atoms with Crippen LogP contribution in [0.15, 0.2) is 0 Å². The SMILES string of the molecule is CC1(C2(N3CCCNC3=O)CC2)CC1. The molecule has 0 unspecified atom stereocenters. The van der Waals surface area contributed by atoms with Crippen molar-refractivity contribution in [3.05, 3.63) is 0 Å². The highest BCUT2D eigenvalue weighted by Crippen LogP contribution is 2.66. The lowest BCUT2D eigenvalue weighted by Crippen LogP contribution is -2.55. The first-order valence-corrected chi connectivity index (χ1v) is 5.74. The van der Waals surface area contributed by atoms with Gasteiger partial charge in [-0.3, -0.25) is 0 Å². The molecule has 3 heteroatoms. The molecular formula is C11H18N2O. The van der Waals surface area contributed by atoms with Gasteiger partial charge < -0.3 is 10.2 Å². The lowest BCUT2D eigenvalue weighted by Gasteiger charge is -2.39. The largest absolute Gasteiger partial charge is 0.338 e. The molecule has 3 aliphatic rings. The predicted octanol–water partition coefficient (Wildman–Crippen LogP) is 1.73. The number of rotatable bonds is 2. The van der Waals surface area contributed by atoms with Crippen LogP contribution in [-0.4, -0.2) is 29.6 Å². The van der Waals surface area contributed by atoms with Crippen molar-refractivity contribution in [2.45, 2.75) is 44.6 Å². The van der Waals surface area contributed by atoms with Crippen molar-refractivity contribution in [3.8, 4) is 0 Å². The van der Waals surface area contributed by atoms with Crippen molar-refractivity contribution in [1.29, 1.82) is 0 Å². The number of nitrogens with one attached hydrogen (secondary N) is 1. The van der Waals surface area contributed by atoms with E-state index in [1.54, 1.807) is 0 Å². The molecule has 3 rings (SSSR count). The molecule has 2 amide bonds. The number of carbonyl (C=O) groups is 1. The van der Waals surface area contributed by atoms with Gasteiger partial charge in [-0.15, -0.1) is 0 Å². The minimum atomic E-state index is 0.182. The van der Waals surface area contributed by atoms with E-state index in [9.17, 15) is 4.79 Å². The number of hydrogen-bond acceptors (Lipinski definition) is 1. The average molecular weight is 194 g/mol. The van der Waals surface area contributed by atoms with Gasteiger partial charge in [0.05, 0.1) is 5.54 Å². The maximum Gasteiger partial charge on any atom is 0.317 e. The van der Waals surface area contributed by atoms with Gasteiger partial charge in [-0.25, -0.2) is 4.79 Å². The molecular weight excluding hydrogens is 176 g/mol. The van der Waals surface area contributed by atoms with Crippen LogP contribution in [0.2, 0.25) is 0 Å². The summed E-state index contributed by atoms with van der Waals surface area (Å²) in [5, 5.41) is 2.97. The Labute approximate surface area is 84.8 Å². The van der Waals surface area contributed by atoms with Crippen LogP contribution in [0.5, 0.6) is 0 Å². The van der Waals surface area contributed by atoms with Crippen molar-refractivity contribution in [2.75, 3.05) is 13.1 Å². The Kier molecular flexibility index (Phi) is 1.49. The molecule has 1 aliphatic heterocycles. The van der Waals surface area contributed by atoms with E-state index in [1.807, 2.05) is 0 Å². The van der Waals surface area contributed by atoms with Crippen LogP contribution in [0.4, 0.5) is 4.79 Å². The second kappa shape index (κ2) is 2.44. The quantitative estimate of drug-likeness (QED) is 0.713. The first kappa shape index (κ1) is 8.57. The number of nitrogens with zero attached hydrogens (tertiary/aromatic N) is 1. The molecule has 0 aromatic rings. The van der Waals surface area contributed by atoms with E-state index in [-0.39, 0.29) is 11.6 Å². The summed E-state index contributed by atoms with van der Waals surface area (Å²) < 4.78 is 0. The Hall–Kier alpha value is -0.730. The molecule has 0 aromatic heterocycles. The summed E-state index contributed by atoms with van der Waals surface area (Å²) >= 11 is 0. The molecule has 1 N–H and O–H groups in total. The van der Waals surface area contributed by atoms with Crippen LogP contribution in [0.3, 0.4) is 0 Å². The lowest BCUT2D eigenvalue weighted by atomic mass is 9.94. The molecule has 1 saturated heterocycles. The van der Waals surface area contributed by atoms with Crippen LogP contribution in [0.1, 0.15) is 39.0 Å². The van der Waals surface area contributed by atoms with Crippen LogP contribution in [0, 0.1) is 5.41 Å². The second-order valence-corrected chi connectivity index (χ2v) is 5.33. The molecule has 0 spiro atoms. The smallest absolute Gasteiger partial charge is 0.317 e. The van der Waals surface area contributed by atoms with E-state index >= 15 is 0 Å². The highest BCUT2D eigenvalue weighted by atomic mass is 16.2. The summed E-state index contributed by atoms with van der Waals surface area (Å²) in [6.45, 7) is 4.19. The van der Waals surface area contributed by atoms with E-state index < -0.39 is 0 Å². The van der Waals surface area contributed by atoms with Gasteiger partial charge in [0.25, 0.3) is 0 Å². The predicted molar refractivity (Wildman–Crippen MR) is 54.0 cm³/mol. The minimum absolute atomic E-state index is 0.182. The second-order valence-electron chi connectivity index (χ2n) is 5.33. The van der Waals surface area contributed by atoms with E-state index in [0.717, 1.165) is 19.5 Å². The number of urea groups is 1. The first-order valence-electron chi connectivity index (χ1n) is 5.74. The Morgan fingerprint density at radius 1 is 1.29 bits per heavy atom. The molecule has 2 aliphatic carbocycles. The van der Waals surface area contributed by atoms with Gasteiger partial charge in [0, 0.05) is 13.1 Å². The Morgan fingerprint density at radius 2 is 2.00 bits per heavy atom. The molecule has 1 heterocycles. The third-order valence-corrected chi connectivity index (χ3v) is 4.44. The van der Waals surface area contributed by atoms with E-state index in [2.05, 4.69) is 17.1 Å². The maximum atomic E-state index is 11.8. The van der Waals surface area contributed by atoms with E-state index in [0.29, 0.717) is 5.41 Å². The lowest BCUT2D eigenvalue weighted by molar-refractivity contribution is 0.117.